The first-order valence-electron chi connectivity index (χ1n) is 5.47. The lowest BCUT2D eigenvalue weighted by Crippen LogP contribution is -2.27. The molecule has 1 aromatic heterocycles. The number of aromatic nitrogens is 1. The van der Waals surface area contributed by atoms with Crippen molar-refractivity contribution < 1.29 is 8.94 Å². The molecule has 5 heteroatoms. The van der Waals surface area contributed by atoms with Crippen LogP contribution in [-0.2, 0) is 11.4 Å². The van der Waals surface area contributed by atoms with E-state index < -0.39 is 22.1 Å². The van der Waals surface area contributed by atoms with Gasteiger partial charge in [0.15, 0.2) is 0 Å². The van der Waals surface area contributed by atoms with Crippen molar-refractivity contribution in [3.8, 4) is 0 Å². The summed E-state index contributed by atoms with van der Waals surface area (Å²) in [5, 5.41) is 0. The molecule has 17 heavy (non-hydrogen) atoms. The van der Waals surface area contributed by atoms with Crippen LogP contribution in [0.3, 0.4) is 0 Å². The SMILES string of the molecule is CCC(=N[S+]([O-])C(C)(C)C)c1cccc(F)n1. The number of hydrogen-bond acceptors (Lipinski definition) is 3. The van der Waals surface area contributed by atoms with E-state index >= 15 is 0 Å². The monoisotopic (exact) mass is 256 g/mol. The summed E-state index contributed by atoms with van der Waals surface area (Å²) in [5.74, 6) is -0.551. The predicted molar refractivity (Wildman–Crippen MR) is 68.9 cm³/mol. The molecular weight excluding hydrogens is 239 g/mol. The molecule has 0 spiro atoms. The van der Waals surface area contributed by atoms with E-state index in [0.29, 0.717) is 17.8 Å². The maximum absolute atomic E-state index is 13.0. The Hall–Kier alpha value is -0.940. The fourth-order valence-electron chi connectivity index (χ4n) is 1.10. The number of nitrogens with zero attached hydrogens (tertiary/aromatic N) is 2. The van der Waals surface area contributed by atoms with Gasteiger partial charge in [0.1, 0.15) is 21.8 Å². The second kappa shape index (κ2) is 5.60. The largest absolute Gasteiger partial charge is 0.591 e. The van der Waals surface area contributed by atoms with Crippen LogP contribution in [0.5, 0.6) is 0 Å². The molecule has 0 saturated heterocycles. The van der Waals surface area contributed by atoms with E-state index in [1.54, 1.807) is 12.1 Å². The highest BCUT2D eigenvalue weighted by molar-refractivity contribution is 7.91. The molecule has 1 atom stereocenters. The third-order valence-corrected chi connectivity index (χ3v) is 3.50. The van der Waals surface area contributed by atoms with Crippen LogP contribution < -0.4 is 0 Å². The van der Waals surface area contributed by atoms with Crippen LogP contribution >= 0.6 is 0 Å². The average molecular weight is 256 g/mol. The van der Waals surface area contributed by atoms with Crippen LogP contribution in [0.4, 0.5) is 4.39 Å². The molecule has 0 fully saturated rings. The van der Waals surface area contributed by atoms with E-state index in [-0.39, 0.29) is 0 Å². The number of rotatable bonds is 3. The van der Waals surface area contributed by atoms with Crippen LogP contribution in [0.15, 0.2) is 22.6 Å². The molecule has 0 radical (unpaired) electrons. The second-order valence-electron chi connectivity index (χ2n) is 4.60. The topological polar surface area (TPSA) is 48.3 Å². The molecular formula is C12H17FN2OS. The smallest absolute Gasteiger partial charge is 0.213 e. The Morgan fingerprint density at radius 2 is 2.12 bits per heavy atom. The molecule has 0 saturated carbocycles. The van der Waals surface area contributed by atoms with E-state index in [4.69, 9.17) is 0 Å². The molecule has 0 N–H and O–H groups in total. The molecule has 0 aliphatic carbocycles. The third-order valence-electron chi connectivity index (χ3n) is 2.06. The number of pyridine rings is 1. The summed E-state index contributed by atoms with van der Waals surface area (Å²) in [5.41, 5.74) is 1.02. The standard InChI is InChI=1S/C12H17FN2OS/c1-5-9(15-17(16)12(2,3)4)10-7-6-8-11(13)14-10/h6-8H,5H2,1-4H3. The Bertz CT molecular complexity index is 415. The molecule has 1 heterocycles. The molecule has 0 aliphatic heterocycles. The van der Waals surface area contributed by atoms with Crippen molar-refractivity contribution in [2.45, 2.75) is 38.9 Å². The van der Waals surface area contributed by atoms with Gasteiger partial charge in [-0.25, -0.2) is 4.98 Å². The zero-order valence-electron chi connectivity index (χ0n) is 10.5. The van der Waals surface area contributed by atoms with Gasteiger partial charge in [0, 0.05) is 0 Å². The Balaban J connectivity index is 3.03. The van der Waals surface area contributed by atoms with Crippen LogP contribution in [0.1, 0.15) is 39.8 Å². The van der Waals surface area contributed by atoms with Crippen LogP contribution in [0.2, 0.25) is 0 Å². The van der Waals surface area contributed by atoms with Gasteiger partial charge in [-0.2, -0.15) is 4.39 Å². The molecule has 1 rings (SSSR count). The average Bonchev–Trinajstić information content (AvgIpc) is 2.24. The molecule has 0 amide bonds. The minimum absolute atomic E-state index is 0.423. The van der Waals surface area contributed by atoms with Gasteiger partial charge in [-0.15, -0.1) is 0 Å². The minimum atomic E-state index is -1.35. The first-order valence-corrected chi connectivity index (χ1v) is 6.57. The van der Waals surface area contributed by atoms with Gasteiger partial charge in [0.2, 0.25) is 5.95 Å². The van der Waals surface area contributed by atoms with Gasteiger partial charge in [-0.05, 0) is 39.3 Å². The highest BCUT2D eigenvalue weighted by atomic mass is 32.2. The molecule has 1 aromatic rings. The second-order valence-corrected chi connectivity index (χ2v) is 6.50. The van der Waals surface area contributed by atoms with Crippen molar-refractivity contribution in [2.75, 3.05) is 0 Å². The van der Waals surface area contributed by atoms with Crippen molar-refractivity contribution >= 4 is 17.1 Å². The molecule has 94 valence electrons. The highest BCUT2D eigenvalue weighted by Gasteiger charge is 2.27. The molecule has 0 bridgehead atoms. The highest BCUT2D eigenvalue weighted by Crippen LogP contribution is 2.18. The fourth-order valence-corrected chi connectivity index (χ4v) is 1.80. The van der Waals surface area contributed by atoms with Gasteiger partial charge in [0.25, 0.3) is 0 Å². The quantitative estimate of drug-likeness (QED) is 0.474. The molecule has 1 unspecified atom stereocenters. The van der Waals surface area contributed by atoms with E-state index in [9.17, 15) is 8.94 Å². The maximum atomic E-state index is 13.0. The normalized spacial score (nSPS) is 14.8. The van der Waals surface area contributed by atoms with E-state index in [1.807, 2.05) is 27.7 Å². The lowest BCUT2D eigenvalue weighted by atomic mass is 10.2. The Morgan fingerprint density at radius 3 is 2.59 bits per heavy atom. The predicted octanol–water partition coefficient (Wildman–Crippen LogP) is 2.88. The van der Waals surface area contributed by atoms with Gasteiger partial charge in [-0.3, -0.25) is 0 Å². The van der Waals surface area contributed by atoms with Crippen LogP contribution in [-0.4, -0.2) is 20.0 Å². The third kappa shape index (κ3) is 4.09. The first-order chi connectivity index (χ1) is 7.84. The van der Waals surface area contributed by atoms with Gasteiger partial charge >= 0.3 is 0 Å². The zero-order valence-corrected chi connectivity index (χ0v) is 11.3. The minimum Gasteiger partial charge on any atom is -0.591 e. The van der Waals surface area contributed by atoms with E-state index in [0.717, 1.165) is 0 Å². The number of hydrogen-bond donors (Lipinski definition) is 0. The number of halogens is 1. The summed E-state index contributed by atoms with van der Waals surface area (Å²) in [4.78, 5) is 3.75. The van der Waals surface area contributed by atoms with Crippen molar-refractivity contribution in [1.29, 1.82) is 0 Å². The Kier molecular flexibility index (Phi) is 4.65. The Morgan fingerprint density at radius 1 is 1.47 bits per heavy atom. The Labute approximate surface area is 104 Å². The fraction of sp³-hybridized carbons (Fsp3) is 0.500. The van der Waals surface area contributed by atoms with Crippen molar-refractivity contribution in [1.82, 2.24) is 4.98 Å². The maximum Gasteiger partial charge on any atom is 0.213 e. The van der Waals surface area contributed by atoms with Crippen LogP contribution in [0.25, 0.3) is 0 Å². The van der Waals surface area contributed by atoms with Crippen molar-refractivity contribution in [3.05, 3.63) is 29.8 Å². The van der Waals surface area contributed by atoms with Crippen molar-refractivity contribution in [2.24, 2.45) is 4.40 Å². The molecule has 0 aromatic carbocycles. The molecule has 3 nitrogen and oxygen atoms in total. The summed E-state index contributed by atoms with van der Waals surface area (Å²) in [6.07, 6.45) is 0.568. The lowest BCUT2D eigenvalue weighted by molar-refractivity contribution is 0.561. The summed E-state index contributed by atoms with van der Waals surface area (Å²) in [6.45, 7) is 7.42. The summed E-state index contributed by atoms with van der Waals surface area (Å²) in [7, 11) is 0. The summed E-state index contributed by atoms with van der Waals surface area (Å²) >= 11 is -1.35. The lowest BCUT2D eigenvalue weighted by Gasteiger charge is -2.19. The summed E-state index contributed by atoms with van der Waals surface area (Å²) < 4.78 is 28.6. The zero-order chi connectivity index (χ0) is 13.1. The van der Waals surface area contributed by atoms with Gasteiger partial charge in [-0.1, -0.05) is 17.4 Å². The van der Waals surface area contributed by atoms with Crippen molar-refractivity contribution in [3.63, 3.8) is 0 Å². The first kappa shape index (κ1) is 14.1. The summed E-state index contributed by atoms with van der Waals surface area (Å²) in [6, 6.07) is 4.52. The van der Waals surface area contributed by atoms with Crippen LogP contribution in [0, 0.1) is 5.95 Å². The van der Waals surface area contributed by atoms with E-state index in [2.05, 4.69) is 9.38 Å². The van der Waals surface area contributed by atoms with E-state index in [1.165, 1.54) is 6.07 Å². The van der Waals surface area contributed by atoms with Gasteiger partial charge in [0.05, 0.1) is 5.69 Å². The van der Waals surface area contributed by atoms with Gasteiger partial charge < -0.3 is 4.55 Å². The molecule has 0 aliphatic rings.